The van der Waals surface area contributed by atoms with Gasteiger partial charge >= 0.3 is 5.97 Å². The van der Waals surface area contributed by atoms with Crippen molar-refractivity contribution in [1.29, 1.82) is 0 Å². The molecule has 0 bridgehead atoms. The fraction of sp³-hybridized carbons (Fsp3) is 0.100. The van der Waals surface area contributed by atoms with E-state index < -0.39 is 11.9 Å². The van der Waals surface area contributed by atoms with Gasteiger partial charge < -0.3 is 23.6 Å². The summed E-state index contributed by atoms with van der Waals surface area (Å²) < 4.78 is 21.6. The number of carbonyl (C=O) groups is 2. The van der Waals surface area contributed by atoms with E-state index in [0.29, 0.717) is 45.3 Å². The summed E-state index contributed by atoms with van der Waals surface area (Å²) in [6, 6.07) is 20.8. The van der Waals surface area contributed by atoms with Gasteiger partial charge in [-0.25, -0.2) is 10.2 Å². The smallest absolute Gasteiger partial charge is 0.379 e. The Kier molecular flexibility index (Phi) is 7.84. The van der Waals surface area contributed by atoms with Gasteiger partial charge in [0.2, 0.25) is 5.76 Å². The van der Waals surface area contributed by atoms with Crippen LogP contribution in [-0.4, -0.2) is 36.8 Å². The van der Waals surface area contributed by atoms with E-state index in [0.717, 1.165) is 5.39 Å². The van der Waals surface area contributed by atoms with Gasteiger partial charge in [0.15, 0.2) is 11.5 Å². The normalized spacial score (nSPS) is 11.1. The zero-order valence-corrected chi connectivity index (χ0v) is 22.3. The van der Waals surface area contributed by atoms with Gasteiger partial charge in [0.05, 0.1) is 31.7 Å². The van der Waals surface area contributed by atoms with Crippen LogP contribution < -0.4 is 19.6 Å². The number of nitrogens with one attached hydrogen (secondary N) is 2. The van der Waals surface area contributed by atoms with Crippen LogP contribution in [0.4, 0.5) is 0 Å². The van der Waals surface area contributed by atoms with E-state index in [1.807, 2.05) is 37.3 Å². The number of para-hydroxylation sites is 1. The van der Waals surface area contributed by atoms with E-state index in [9.17, 15) is 9.59 Å². The lowest BCUT2D eigenvalue weighted by Gasteiger charge is -2.10. The van der Waals surface area contributed by atoms with Crippen molar-refractivity contribution >= 4 is 40.6 Å². The molecule has 0 radical (unpaired) electrons. The molecule has 0 aliphatic carbocycles. The number of fused-ring (bicyclic) bond motifs is 1. The van der Waals surface area contributed by atoms with E-state index in [1.54, 1.807) is 43.5 Å². The number of hydrogen-bond donors (Lipinski definition) is 2. The van der Waals surface area contributed by atoms with Crippen LogP contribution in [0, 0.1) is 0 Å². The highest BCUT2D eigenvalue weighted by Gasteiger charge is 2.22. The zero-order chi connectivity index (χ0) is 28.1. The van der Waals surface area contributed by atoms with Gasteiger partial charge in [-0.2, -0.15) is 5.10 Å². The number of H-pyrrole nitrogens is 1. The van der Waals surface area contributed by atoms with Crippen molar-refractivity contribution in [3.05, 3.63) is 101 Å². The molecule has 0 spiro atoms. The number of esters is 1. The fourth-order valence-electron chi connectivity index (χ4n) is 4.20. The number of furan rings is 1. The number of ether oxygens (including phenoxy) is 3. The molecule has 5 aromatic rings. The van der Waals surface area contributed by atoms with E-state index >= 15 is 0 Å². The first-order valence-corrected chi connectivity index (χ1v) is 12.7. The van der Waals surface area contributed by atoms with E-state index in [4.69, 9.17) is 30.2 Å². The Morgan fingerprint density at radius 3 is 2.62 bits per heavy atom. The number of methoxy groups -OCH3 is 1. The van der Waals surface area contributed by atoms with Gasteiger partial charge in [0.25, 0.3) is 5.91 Å². The lowest BCUT2D eigenvalue weighted by molar-refractivity contribution is 0.0695. The lowest BCUT2D eigenvalue weighted by atomic mass is 10.0. The SMILES string of the molecule is CCOc1cc(C=NNC(=O)c2[nH]c3c(OC)cccc3c2-c2ccccc2Cl)ccc1OC(=O)c1ccco1. The quantitative estimate of drug-likeness (QED) is 0.0928. The van der Waals surface area contributed by atoms with Gasteiger partial charge in [-0.15, -0.1) is 0 Å². The summed E-state index contributed by atoms with van der Waals surface area (Å²) in [5.41, 5.74) is 5.44. The summed E-state index contributed by atoms with van der Waals surface area (Å²) in [7, 11) is 1.56. The number of carbonyl (C=O) groups excluding carboxylic acids is 2. The zero-order valence-electron chi connectivity index (χ0n) is 21.6. The predicted octanol–water partition coefficient (Wildman–Crippen LogP) is 6.47. The Labute approximate surface area is 234 Å². The summed E-state index contributed by atoms with van der Waals surface area (Å²) in [4.78, 5) is 28.8. The molecule has 3 aromatic carbocycles. The first-order valence-electron chi connectivity index (χ1n) is 12.3. The molecule has 2 aromatic heterocycles. The first-order chi connectivity index (χ1) is 19.5. The molecule has 0 aliphatic rings. The van der Waals surface area contributed by atoms with Crippen molar-refractivity contribution in [3.8, 4) is 28.4 Å². The van der Waals surface area contributed by atoms with Crippen molar-refractivity contribution in [2.75, 3.05) is 13.7 Å². The number of halogens is 1. The maximum absolute atomic E-state index is 13.3. The van der Waals surface area contributed by atoms with Crippen molar-refractivity contribution in [3.63, 3.8) is 0 Å². The summed E-state index contributed by atoms with van der Waals surface area (Å²) in [6.45, 7) is 2.16. The van der Waals surface area contributed by atoms with E-state index in [-0.39, 0.29) is 17.2 Å². The molecule has 40 heavy (non-hydrogen) atoms. The number of rotatable bonds is 9. The second kappa shape index (κ2) is 11.8. The van der Waals surface area contributed by atoms with Gasteiger partial charge in [-0.1, -0.05) is 41.9 Å². The van der Waals surface area contributed by atoms with Crippen LogP contribution >= 0.6 is 11.6 Å². The number of nitrogens with zero attached hydrogens (tertiary/aromatic N) is 1. The fourth-order valence-corrected chi connectivity index (χ4v) is 4.43. The monoisotopic (exact) mass is 557 g/mol. The molecule has 0 atom stereocenters. The molecule has 9 nitrogen and oxygen atoms in total. The molecular weight excluding hydrogens is 534 g/mol. The van der Waals surface area contributed by atoms with Crippen molar-refractivity contribution in [2.24, 2.45) is 5.10 Å². The Morgan fingerprint density at radius 2 is 1.88 bits per heavy atom. The maximum atomic E-state index is 13.3. The highest BCUT2D eigenvalue weighted by molar-refractivity contribution is 6.34. The third-order valence-corrected chi connectivity index (χ3v) is 6.29. The second-order valence-corrected chi connectivity index (χ2v) is 8.85. The third kappa shape index (κ3) is 5.41. The Balaban J connectivity index is 1.41. The van der Waals surface area contributed by atoms with Crippen molar-refractivity contribution < 1.29 is 28.2 Å². The summed E-state index contributed by atoms with van der Waals surface area (Å²) in [5, 5.41) is 5.41. The third-order valence-electron chi connectivity index (χ3n) is 5.96. The molecule has 1 amide bonds. The van der Waals surface area contributed by atoms with Crippen LogP contribution in [-0.2, 0) is 0 Å². The molecule has 0 unspecified atom stereocenters. The molecular formula is C30H24ClN3O6. The molecule has 0 aliphatic heterocycles. The minimum absolute atomic E-state index is 0.0709. The average molecular weight is 558 g/mol. The first kappa shape index (κ1) is 26.6. The van der Waals surface area contributed by atoms with E-state index in [2.05, 4.69) is 15.5 Å². The average Bonchev–Trinajstić information content (AvgIpc) is 3.63. The molecule has 5 rings (SSSR count). The number of benzene rings is 3. The topological polar surface area (TPSA) is 115 Å². The lowest BCUT2D eigenvalue weighted by Crippen LogP contribution is -2.19. The molecule has 202 valence electrons. The van der Waals surface area contributed by atoms with Crippen LogP contribution in [0.2, 0.25) is 5.02 Å². The number of aromatic amines is 1. The van der Waals surface area contributed by atoms with Gasteiger partial charge in [0, 0.05) is 21.5 Å². The summed E-state index contributed by atoms with van der Waals surface area (Å²) in [6.07, 6.45) is 2.84. The molecule has 2 N–H and O–H groups in total. The molecule has 0 fully saturated rings. The van der Waals surface area contributed by atoms with Crippen LogP contribution in [0.25, 0.3) is 22.0 Å². The van der Waals surface area contributed by atoms with Crippen LogP contribution in [0.1, 0.15) is 33.5 Å². The van der Waals surface area contributed by atoms with Crippen LogP contribution in [0.3, 0.4) is 0 Å². The molecule has 2 heterocycles. The van der Waals surface area contributed by atoms with Crippen LogP contribution in [0.5, 0.6) is 17.2 Å². The van der Waals surface area contributed by atoms with Crippen molar-refractivity contribution in [1.82, 2.24) is 10.4 Å². The predicted molar refractivity (Wildman–Crippen MR) is 152 cm³/mol. The van der Waals surface area contributed by atoms with Crippen molar-refractivity contribution in [2.45, 2.75) is 6.92 Å². The summed E-state index contributed by atoms with van der Waals surface area (Å²) >= 11 is 6.51. The molecule has 10 heteroatoms. The Bertz CT molecular complexity index is 1710. The van der Waals surface area contributed by atoms with Gasteiger partial charge in [0.1, 0.15) is 11.4 Å². The minimum Gasteiger partial charge on any atom is -0.495 e. The number of amides is 1. The number of hydrogen-bond acceptors (Lipinski definition) is 7. The standard InChI is InChI=1S/C30H24ClN3O6/c1-3-38-25-16-18(13-14-22(25)40-30(36)24-12-7-15-39-24)17-32-34-29(35)28-26(19-8-4-5-10-21(19)31)20-9-6-11-23(37-2)27(20)33-28/h4-17,33H,3H2,1-2H3,(H,34,35). The largest absolute Gasteiger partial charge is 0.495 e. The molecule has 0 saturated carbocycles. The van der Waals surface area contributed by atoms with Crippen LogP contribution in [0.15, 0.2) is 88.6 Å². The Morgan fingerprint density at radius 1 is 1.02 bits per heavy atom. The number of aromatic nitrogens is 1. The highest BCUT2D eigenvalue weighted by atomic mass is 35.5. The minimum atomic E-state index is -0.649. The number of hydrazone groups is 1. The van der Waals surface area contributed by atoms with Gasteiger partial charge in [-0.3, -0.25) is 4.79 Å². The molecule has 0 saturated heterocycles. The second-order valence-electron chi connectivity index (χ2n) is 8.44. The van der Waals surface area contributed by atoms with Gasteiger partial charge in [-0.05, 0) is 55.0 Å². The highest BCUT2D eigenvalue weighted by Crippen LogP contribution is 2.39. The Hall–Kier alpha value is -5.02. The summed E-state index contributed by atoms with van der Waals surface area (Å²) in [5.74, 6) is 0.0934. The maximum Gasteiger partial charge on any atom is 0.379 e. The van der Waals surface area contributed by atoms with E-state index in [1.165, 1.54) is 18.5 Å².